The van der Waals surface area contributed by atoms with E-state index in [4.69, 9.17) is 30.5 Å². The van der Waals surface area contributed by atoms with Crippen LogP contribution in [0.2, 0.25) is 5.02 Å². The maximum Gasteiger partial charge on any atom is 0.296 e. The number of sulfone groups is 1. The van der Waals surface area contributed by atoms with Gasteiger partial charge in [-0.3, -0.25) is 4.79 Å². The van der Waals surface area contributed by atoms with Gasteiger partial charge in [0.15, 0.2) is 11.8 Å². The number of aromatic nitrogens is 3. The third kappa shape index (κ3) is 6.06. The first-order valence-electron chi connectivity index (χ1n) is 11.7. The zero-order valence-electron chi connectivity index (χ0n) is 20.3. The third-order valence-corrected chi connectivity index (χ3v) is 7.35. The fourth-order valence-corrected chi connectivity index (χ4v) is 4.87. The summed E-state index contributed by atoms with van der Waals surface area (Å²) < 4.78 is 73.9. The lowest BCUT2D eigenvalue weighted by Crippen LogP contribution is -2.34. The van der Waals surface area contributed by atoms with Crippen molar-refractivity contribution >= 4 is 38.5 Å². The Labute approximate surface area is 225 Å². The number of carbonyl (C=O) groups excluding carboxylic acids is 1. The molecule has 2 unspecified atom stereocenters. The topological polar surface area (TPSA) is 162 Å². The predicted molar refractivity (Wildman–Crippen MR) is 132 cm³/mol. The number of aliphatic hydroxyl groups excluding tert-OH is 1. The largest absolute Gasteiger partial charge is 0.471 e. The molecule has 39 heavy (non-hydrogen) atoms. The normalized spacial score (nSPS) is 22.7. The van der Waals surface area contributed by atoms with E-state index in [0.29, 0.717) is 5.52 Å². The Kier molecular flexibility index (Phi) is 7.61. The highest BCUT2D eigenvalue weighted by molar-refractivity contribution is 7.90. The van der Waals surface area contributed by atoms with Gasteiger partial charge in [0.1, 0.15) is 51.4 Å². The summed E-state index contributed by atoms with van der Waals surface area (Å²) in [6, 6.07) is 3.20. The summed E-state index contributed by atoms with van der Waals surface area (Å²) in [5, 5.41) is 12.2. The van der Waals surface area contributed by atoms with Crippen molar-refractivity contribution in [1.29, 1.82) is 0 Å². The molecule has 2 fully saturated rings. The summed E-state index contributed by atoms with van der Waals surface area (Å²) >= 11 is 6.24. The minimum atomic E-state index is -3.31. The maximum atomic E-state index is 14.6. The van der Waals surface area contributed by atoms with Crippen LogP contribution in [0.1, 0.15) is 15.9 Å². The molecular weight excluding hydrogens is 566 g/mol. The van der Waals surface area contributed by atoms with Gasteiger partial charge in [-0.1, -0.05) is 11.6 Å². The van der Waals surface area contributed by atoms with Gasteiger partial charge in [0.05, 0.1) is 30.0 Å². The van der Waals surface area contributed by atoms with Gasteiger partial charge in [0.25, 0.3) is 11.9 Å². The van der Waals surface area contributed by atoms with Crippen LogP contribution in [0.5, 0.6) is 11.9 Å². The number of aliphatic hydroxyl groups is 1. The van der Waals surface area contributed by atoms with Crippen LogP contribution in [0.15, 0.2) is 18.2 Å². The molecule has 0 aliphatic carbocycles. The number of ether oxygens (including phenoxy) is 4. The smallest absolute Gasteiger partial charge is 0.296 e. The first kappa shape index (κ1) is 27.5. The molecule has 3 aromatic rings. The number of fused-ring (bicyclic) bond motifs is 2. The molecule has 2 aromatic heterocycles. The first-order chi connectivity index (χ1) is 18.5. The van der Waals surface area contributed by atoms with E-state index in [9.17, 15) is 27.1 Å². The molecule has 2 aliphatic heterocycles. The third-order valence-electron chi connectivity index (χ3n) is 6.13. The molecule has 0 radical (unpaired) electrons. The van der Waals surface area contributed by atoms with E-state index in [2.05, 4.69) is 20.3 Å². The van der Waals surface area contributed by atoms with Crippen molar-refractivity contribution in [2.45, 2.75) is 31.0 Å². The molecule has 4 heterocycles. The molecule has 5 rings (SSSR count). The summed E-state index contributed by atoms with van der Waals surface area (Å²) in [6.45, 7) is -0.452. The Balaban J connectivity index is 1.25. The van der Waals surface area contributed by atoms with Crippen LogP contribution < -0.4 is 14.8 Å². The number of pyridine rings is 1. The molecule has 4 atom stereocenters. The lowest BCUT2D eigenvalue weighted by atomic mass is 10.1. The molecule has 2 aliphatic rings. The van der Waals surface area contributed by atoms with Gasteiger partial charge < -0.3 is 34.4 Å². The van der Waals surface area contributed by atoms with Crippen LogP contribution in [0.4, 0.5) is 8.78 Å². The number of hydrogen-bond donors (Lipinski definition) is 3. The van der Waals surface area contributed by atoms with Gasteiger partial charge in [-0.05, 0) is 18.2 Å². The van der Waals surface area contributed by atoms with E-state index >= 15 is 0 Å². The minimum Gasteiger partial charge on any atom is -0.471 e. The van der Waals surface area contributed by atoms with Gasteiger partial charge in [0, 0.05) is 18.4 Å². The SMILES string of the molecule is CS(=O)(=O)CCNC(=O)c1cc(F)c(COc2nc3nc(O[C@@H]4COC5C4OC[C@H]5O)[nH]c3cc2Cl)c(F)c1. The van der Waals surface area contributed by atoms with Crippen molar-refractivity contribution in [3.05, 3.63) is 46.0 Å². The molecule has 0 saturated carbocycles. The van der Waals surface area contributed by atoms with Crippen molar-refractivity contribution in [2.75, 3.05) is 31.8 Å². The highest BCUT2D eigenvalue weighted by atomic mass is 35.5. The number of halogens is 3. The van der Waals surface area contributed by atoms with E-state index in [1.165, 1.54) is 6.07 Å². The number of hydrogen-bond acceptors (Lipinski definition) is 10. The first-order valence-corrected chi connectivity index (χ1v) is 14.1. The summed E-state index contributed by atoms with van der Waals surface area (Å²) in [4.78, 5) is 23.5. The van der Waals surface area contributed by atoms with E-state index in [1.807, 2.05) is 0 Å². The molecule has 2 saturated heterocycles. The molecule has 0 spiro atoms. The Morgan fingerprint density at radius 2 is 1.92 bits per heavy atom. The molecule has 210 valence electrons. The predicted octanol–water partition coefficient (Wildman–Crippen LogP) is 1.15. The molecule has 12 nitrogen and oxygen atoms in total. The number of rotatable bonds is 9. The fourth-order valence-electron chi connectivity index (χ4n) is 4.19. The van der Waals surface area contributed by atoms with Crippen LogP contribution in [-0.4, -0.2) is 90.6 Å². The number of imidazole rings is 1. The van der Waals surface area contributed by atoms with Crippen molar-refractivity contribution in [1.82, 2.24) is 20.3 Å². The van der Waals surface area contributed by atoms with Gasteiger partial charge in [-0.25, -0.2) is 17.2 Å². The quantitative estimate of drug-likeness (QED) is 0.330. The van der Waals surface area contributed by atoms with Crippen LogP contribution in [0.3, 0.4) is 0 Å². The van der Waals surface area contributed by atoms with Crippen molar-refractivity contribution in [3.8, 4) is 11.9 Å². The van der Waals surface area contributed by atoms with E-state index in [-0.39, 0.29) is 53.6 Å². The van der Waals surface area contributed by atoms with E-state index in [1.54, 1.807) is 0 Å². The molecule has 1 aromatic carbocycles. The Morgan fingerprint density at radius 3 is 2.64 bits per heavy atom. The number of benzene rings is 1. The van der Waals surface area contributed by atoms with Crippen LogP contribution in [-0.2, 0) is 25.9 Å². The summed E-state index contributed by atoms with van der Waals surface area (Å²) in [5.74, 6) is -3.38. The summed E-state index contributed by atoms with van der Waals surface area (Å²) in [6.07, 6.45) is -1.15. The molecule has 0 bridgehead atoms. The number of nitrogens with one attached hydrogen (secondary N) is 2. The van der Waals surface area contributed by atoms with Gasteiger partial charge >= 0.3 is 0 Å². The minimum absolute atomic E-state index is 0.0342. The number of carbonyl (C=O) groups is 1. The van der Waals surface area contributed by atoms with Crippen LogP contribution in [0, 0.1) is 11.6 Å². The van der Waals surface area contributed by atoms with Crippen molar-refractivity contribution in [2.24, 2.45) is 0 Å². The Morgan fingerprint density at radius 1 is 1.21 bits per heavy atom. The Bertz CT molecular complexity index is 1500. The average Bonchev–Trinajstić information content (AvgIpc) is 3.54. The summed E-state index contributed by atoms with van der Waals surface area (Å²) in [7, 11) is -3.31. The zero-order chi connectivity index (χ0) is 27.9. The van der Waals surface area contributed by atoms with Gasteiger partial charge in [-0.2, -0.15) is 9.97 Å². The molecule has 1 amide bonds. The van der Waals surface area contributed by atoms with Gasteiger partial charge in [0.2, 0.25) is 5.88 Å². The maximum absolute atomic E-state index is 14.6. The average molecular weight is 589 g/mol. The number of aromatic amines is 1. The Hall–Kier alpha value is -3.11. The number of nitrogens with zero attached hydrogens (tertiary/aromatic N) is 2. The van der Waals surface area contributed by atoms with Gasteiger partial charge in [-0.15, -0.1) is 0 Å². The highest BCUT2D eigenvalue weighted by Crippen LogP contribution is 2.31. The molecule has 16 heteroatoms. The van der Waals surface area contributed by atoms with Crippen LogP contribution >= 0.6 is 11.6 Å². The monoisotopic (exact) mass is 588 g/mol. The number of amides is 1. The van der Waals surface area contributed by atoms with Crippen LogP contribution in [0.25, 0.3) is 11.2 Å². The van der Waals surface area contributed by atoms with Crippen molar-refractivity contribution < 1.29 is 46.0 Å². The second kappa shape index (κ2) is 10.8. The fraction of sp³-hybridized carbons (Fsp3) is 0.435. The molecular formula is C23H23ClF2N4O8S. The highest BCUT2D eigenvalue weighted by Gasteiger charge is 2.48. The van der Waals surface area contributed by atoms with E-state index < -0.39 is 64.0 Å². The second-order valence-corrected chi connectivity index (χ2v) is 11.8. The van der Waals surface area contributed by atoms with E-state index in [0.717, 1.165) is 18.4 Å². The molecule has 3 N–H and O–H groups in total. The zero-order valence-corrected chi connectivity index (χ0v) is 21.9. The lowest BCUT2D eigenvalue weighted by Gasteiger charge is -2.15. The second-order valence-electron chi connectivity index (χ2n) is 9.10. The standard InChI is InChI=1S/C23H23ClF2N4O8S/c1-39(33,34)3-2-27-21(32)10-4-13(25)11(14(26)5-10)7-37-22-12(24)6-15-20(29-22)30-23(28-15)38-17-9-36-18-16(31)8-35-19(17)18/h4-6,16-19,31H,2-3,7-9H2,1H3,(H,27,32)(H,28,29,30)/t16-,17-,18?,19?/m1/s1. The summed E-state index contributed by atoms with van der Waals surface area (Å²) in [5.41, 5.74) is -0.218. The lowest BCUT2D eigenvalue weighted by molar-refractivity contribution is 0.00706. The number of H-pyrrole nitrogens is 1. The van der Waals surface area contributed by atoms with Crippen molar-refractivity contribution in [3.63, 3.8) is 0 Å².